The number of hydrogen-bond acceptors (Lipinski definition) is 2. The van der Waals surface area contributed by atoms with E-state index >= 15 is 0 Å². The maximum absolute atomic E-state index is 12.6. The minimum atomic E-state index is -0.728. The first kappa shape index (κ1) is 16.0. The van der Waals surface area contributed by atoms with Gasteiger partial charge < -0.3 is 10.0 Å². The van der Waals surface area contributed by atoms with E-state index in [1.54, 1.807) is 0 Å². The topological polar surface area (TPSA) is 57.6 Å². The van der Waals surface area contributed by atoms with Crippen molar-refractivity contribution in [2.24, 2.45) is 17.8 Å². The van der Waals surface area contributed by atoms with E-state index in [0.29, 0.717) is 31.8 Å². The molecule has 1 saturated heterocycles. The third kappa shape index (κ3) is 3.57. The average molecular weight is 315 g/mol. The number of carboxylic acids is 1. The Morgan fingerprint density at radius 1 is 1.22 bits per heavy atom. The molecule has 124 valence electrons. The molecule has 1 aromatic rings. The summed E-state index contributed by atoms with van der Waals surface area (Å²) in [5.41, 5.74) is 2.81. The van der Waals surface area contributed by atoms with Gasteiger partial charge in [-0.05, 0) is 48.6 Å². The zero-order valence-corrected chi connectivity index (χ0v) is 13.7. The second-order valence-electron chi connectivity index (χ2n) is 7.13. The lowest BCUT2D eigenvalue weighted by Gasteiger charge is -2.36. The smallest absolute Gasteiger partial charge is 0.306 e. The molecule has 4 heteroatoms. The number of benzene rings is 1. The van der Waals surface area contributed by atoms with Gasteiger partial charge in [0.1, 0.15) is 0 Å². The highest BCUT2D eigenvalue weighted by Crippen LogP contribution is 2.29. The molecule has 1 aliphatic heterocycles. The second-order valence-corrected chi connectivity index (χ2v) is 7.13. The van der Waals surface area contributed by atoms with Crippen molar-refractivity contribution in [1.29, 1.82) is 0 Å². The molecular weight excluding hydrogens is 290 g/mol. The number of nitrogens with zero attached hydrogens (tertiary/aromatic N) is 1. The quantitative estimate of drug-likeness (QED) is 0.933. The molecule has 0 unspecified atom stereocenters. The summed E-state index contributed by atoms with van der Waals surface area (Å²) in [6, 6.07) is 8.51. The number of aliphatic carboxylic acids is 1. The van der Waals surface area contributed by atoms with Crippen LogP contribution in [0.3, 0.4) is 0 Å². The molecule has 0 aromatic heterocycles. The normalized spacial score (nSPS) is 27.3. The fraction of sp³-hybridized carbons (Fsp3) is 0.579. The molecule has 0 spiro atoms. The minimum Gasteiger partial charge on any atom is -0.481 e. The van der Waals surface area contributed by atoms with Crippen molar-refractivity contribution >= 4 is 11.9 Å². The summed E-state index contributed by atoms with van der Waals surface area (Å²) in [4.78, 5) is 25.6. The fourth-order valence-electron chi connectivity index (χ4n) is 4.06. The standard InChI is InChI=1S/C19H25NO3/c1-13-12-20(9-8-17(13)19(22)23)18(21)11-14-6-7-15-4-2-3-5-16(15)10-14/h2-5,13-14,17H,6-12H2,1H3,(H,22,23)/t13-,14-,17+/m1/s1. The molecule has 2 aliphatic rings. The highest BCUT2D eigenvalue weighted by atomic mass is 16.4. The van der Waals surface area contributed by atoms with Crippen molar-refractivity contribution in [3.05, 3.63) is 35.4 Å². The van der Waals surface area contributed by atoms with E-state index in [9.17, 15) is 14.7 Å². The van der Waals surface area contributed by atoms with E-state index in [1.165, 1.54) is 11.1 Å². The van der Waals surface area contributed by atoms with Crippen molar-refractivity contribution in [2.75, 3.05) is 13.1 Å². The SMILES string of the molecule is C[C@@H]1CN(C(=O)C[C@@H]2CCc3ccccc3C2)CC[C@@H]1C(=O)O. The van der Waals surface area contributed by atoms with Gasteiger partial charge in [0.05, 0.1) is 5.92 Å². The van der Waals surface area contributed by atoms with Gasteiger partial charge in [0.2, 0.25) is 5.91 Å². The van der Waals surface area contributed by atoms with Crippen LogP contribution in [-0.2, 0) is 22.4 Å². The van der Waals surface area contributed by atoms with Gasteiger partial charge in [0.15, 0.2) is 0 Å². The molecule has 1 fully saturated rings. The number of amides is 1. The van der Waals surface area contributed by atoms with E-state index in [-0.39, 0.29) is 17.7 Å². The van der Waals surface area contributed by atoms with E-state index in [1.807, 2.05) is 11.8 Å². The van der Waals surface area contributed by atoms with Crippen LogP contribution in [-0.4, -0.2) is 35.0 Å². The molecule has 3 rings (SSSR count). The van der Waals surface area contributed by atoms with Crippen LogP contribution in [0.1, 0.15) is 37.3 Å². The van der Waals surface area contributed by atoms with E-state index in [2.05, 4.69) is 24.3 Å². The summed E-state index contributed by atoms with van der Waals surface area (Å²) in [6.07, 6.45) is 4.30. The molecule has 1 aromatic carbocycles. The number of aryl methyl sites for hydroxylation is 1. The Bertz CT molecular complexity index is 598. The Labute approximate surface area is 137 Å². The highest BCUT2D eigenvalue weighted by Gasteiger charge is 2.33. The van der Waals surface area contributed by atoms with Crippen LogP contribution in [0.5, 0.6) is 0 Å². The number of piperidine rings is 1. The number of carbonyl (C=O) groups excluding carboxylic acids is 1. The van der Waals surface area contributed by atoms with Crippen LogP contribution in [0.15, 0.2) is 24.3 Å². The lowest BCUT2D eigenvalue weighted by Crippen LogP contribution is -2.45. The monoisotopic (exact) mass is 315 g/mol. The Kier molecular flexibility index (Phi) is 4.69. The van der Waals surface area contributed by atoms with Gasteiger partial charge in [-0.1, -0.05) is 31.2 Å². The van der Waals surface area contributed by atoms with E-state index in [0.717, 1.165) is 19.3 Å². The molecule has 4 nitrogen and oxygen atoms in total. The van der Waals surface area contributed by atoms with Gasteiger partial charge in [-0.25, -0.2) is 0 Å². The number of hydrogen-bond donors (Lipinski definition) is 1. The maximum Gasteiger partial charge on any atom is 0.306 e. The van der Waals surface area contributed by atoms with Gasteiger partial charge in [-0.2, -0.15) is 0 Å². The van der Waals surface area contributed by atoms with Gasteiger partial charge in [0, 0.05) is 19.5 Å². The van der Waals surface area contributed by atoms with E-state index in [4.69, 9.17) is 0 Å². The second kappa shape index (κ2) is 6.73. The summed E-state index contributed by atoms with van der Waals surface area (Å²) in [7, 11) is 0. The molecule has 1 amide bonds. The van der Waals surface area contributed by atoms with Crippen molar-refractivity contribution in [2.45, 2.75) is 39.0 Å². The number of rotatable bonds is 3. The maximum atomic E-state index is 12.6. The van der Waals surface area contributed by atoms with Crippen molar-refractivity contribution in [3.8, 4) is 0 Å². The minimum absolute atomic E-state index is 0.0391. The molecule has 0 bridgehead atoms. The fourth-order valence-corrected chi connectivity index (χ4v) is 4.06. The van der Waals surface area contributed by atoms with Crippen LogP contribution >= 0.6 is 0 Å². The Morgan fingerprint density at radius 3 is 2.65 bits per heavy atom. The van der Waals surface area contributed by atoms with Gasteiger partial charge in [0.25, 0.3) is 0 Å². The third-order valence-electron chi connectivity index (χ3n) is 5.49. The average Bonchev–Trinajstić information content (AvgIpc) is 2.54. The number of carbonyl (C=O) groups is 2. The van der Waals surface area contributed by atoms with Crippen LogP contribution in [0.2, 0.25) is 0 Å². The summed E-state index contributed by atoms with van der Waals surface area (Å²) >= 11 is 0. The molecule has 1 aliphatic carbocycles. The van der Waals surface area contributed by atoms with Crippen molar-refractivity contribution in [1.82, 2.24) is 4.90 Å². The van der Waals surface area contributed by atoms with Crippen molar-refractivity contribution < 1.29 is 14.7 Å². The highest BCUT2D eigenvalue weighted by molar-refractivity contribution is 5.77. The molecular formula is C19H25NO3. The molecule has 23 heavy (non-hydrogen) atoms. The zero-order chi connectivity index (χ0) is 16.4. The van der Waals surface area contributed by atoms with Gasteiger partial charge in [-0.3, -0.25) is 9.59 Å². The van der Waals surface area contributed by atoms with Crippen LogP contribution in [0, 0.1) is 17.8 Å². The molecule has 1 heterocycles. The predicted molar refractivity (Wildman–Crippen MR) is 88.1 cm³/mol. The van der Waals surface area contributed by atoms with Crippen LogP contribution < -0.4 is 0 Å². The van der Waals surface area contributed by atoms with Gasteiger partial charge in [-0.15, -0.1) is 0 Å². The molecule has 0 radical (unpaired) electrons. The largest absolute Gasteiger partial charge is 0.481 e. The summed E-state index contributed by atoms with van der Waals surface area (Å²) < 4.78 is 0. The third-order valence-corrected chi connectivity index (χ3v) is 5.49. The number of carboxylic acid groups (broad SMARTS) is 1. The zero-order valence-electron chi connectivity index (χ0n) is 13.7. The first-order chi connectivity index (χ1) is 11.0. The van der Waals surface area contributed by atoms with Crippen molar-refractivity contribution in [3.63, 3.8) is 0 Å². The summed E-state index contributed by atoms with van der Waals surface area (Å²) in [5, 5.41) is 9.18. The lowest BCUT2D eigenvalue weighted by molar-refractivity contribution is -0.148. The van der Waals surface area contributed by atoms with E-state index < -0.39 is 5.97 Å². The molecule has 1 N–H and O–H groups in total. The van der Waals surface area contributed by atoms with Crippen LogP contribution in [0.4, 0.5) is 0 Å². The number of likely N-dealkylation sites (tertiary alicyclic amines) is 1. The summed E-state index contributed by atoms with van der Waals surface area (Å²) in [5.74, 6) is -0.374. The lowest BCUT2D eigenvalue weighted by atomic mass is 9.81. The first-order valence-corrected chi connectivity index (χ1v) is 8.62. The number of fused-ring (bicyclic) bond motifs is 1. The molecule has 0 saturated carbocycles. The molecule has 3 atom stereocenters. The Hall–Kier alpha value is -1.84. The predicted octanol–water partition coefficient (Wildman–Crippen LogP) is 2.75. The Balaban J connectivity index is 1.55. The van der Waals surface area contributed by atoms with Crippen LogP contribution in [0.25, 0.3) is 0 Å². The Morgan fingerprint density at radius 2 is 1.96 bits per heavy atom. The van der Waals surface area contributed by atoms with Gasteiger partial charge >= 0.3 is 5.97 Å². The summed E-state index contributed by atoms with van der Waals surface area (Å²) in [6.45, 7) is 3.11. The first-order valence-electron chi connectivity index (χ1n) is 8.62.